The third-order valence-corrected chi connectivity index (χ3v) is 4.30. The number of benzene rings is 2. The molecule has 0 aliphatic heterocycles. The monoisotopic (exact) mass is 349 g/mol. The van der Waals surface area contributed by atoms with Gasteiger partial charge in [-0.3, -0.25) is 9.89 Å². The molecule has 0 saturated heterocycles. The summed E-state index contributed by atoms with van der Waals surface area (Å²) in [6, 6.07) is 17.8. The lowest BCUT2D eigenvalue weighted by Crippen LogP contribution is -2.16. The number of methoxy groups -OCH3 is 1. The van der Waals surface area contributed by atoms with E-state index in [4.69, 9.17) is 4.74 Å². The first-order chi connectivity index (χ1) is 12.7. The Morgan fingerprint density at radius 3 is 2.46 bits per heavy atom. The molecule has 0 saturated carbocycles. The maximum Gasteiger partial charge on any atom is 0.228 e. The number of anilines is 1. The van der Waals surface area contributed by atoms with Crippen molar-refractivity contribution >= 4 is 11.6 Å². The molecule has 0 unspecified atom stereocenters. The minimum Gasteiger partial charge on any atom is -0.497 e. The van der Waals surface area contributed by atoms with Crippen molar-refractivity contribution in [3.8, 4) is 5.75 Å². The third kappa shape index (κ3) is 4.51. The predicted molar refractivity (Wildman–Crippen MR) is 103 cm³/mol. The van der Waals surface area contributed by atoms with Crippen LogP contribution in [-0.2, 0) is 24.1 Å². The molecule has 2 N–H and O–H groups in total. The number of H-pyrrole nitrogens is 1. The van der Waals surface area contributed by atoms with E-state index in [0.717, 1.165) is 41.2 Å². The van der Waals surface area contributed by atoms with Crippen molar-refractivity contribution in [2.75, 3.05) is 12.4 Å². The number of nitrogens with one attached hydrogen (secondary N) is 2. The van der Waals surface area contributed by atoms with Gasteiger partial charge in [0.25, 0.3) is 0 Å². The Hall–Kier alpha value is -3.08. The molecule has 0 fully saturated rings. The summed E-state index contributed by atoms with van der Waals surface area (Å²) in [6.07, 6.45) is 1.96. The Bertz CT molecular complexity index is 855. The number of hydrogen-bond acceptors (Lipinski definition) is 3. The van der Waals surface area contributed by atoms with E-state index in [2.05, 4.69) is 27.6 Å². The molecule has 0 aliphatic carbocycles. The molecule has 1 heterocycles. The number of carbonyl (C=O) groups excluding carboxylic acids is 1. The van der Waals surface area contributed by atoms with Crippen LogP contribution in [0.15, 0.2) is 54.6 Å². The molecule has 0 atom stereocenters. The second-order valence-electron chi connectivity index (χ2n) is 6.23. The van der Waals surface area contributed by atoms with Crippen LogP contribution in [0, 0.1) is 6.92 Å². The number of ether oxygens (including phenoxy) is 1. The van der Waals surface area contributed by atoms with Gasteiger partial charge in [-0.05, 0) is 43.0 Å². The van der Waals surface area contributed by atoms with Gasteiger partial charge in [0.15, 0.2) is 0 Å². The van der Waals surface area contributed by atoms with Crippen LogP contribution in [0.3, 0.4) is 0 Å². The molecular weight excluding hydrogens is 326 g/mol. The highest BCUT2D eigenvalue weighted by atomic mass is 16.5. The Morgan fingerprint density at radius 1 is 1.04 bits per heavy atom. The maximum absolute atomic E-state index is 12.4. The molecule has 0 radical (unpaired) electrons. The quantitative estimate of drug-likeness (QED) is 0.683. The van der Waals surface area contributed by atoms with E-state index in [9.17, 15) is 4.79 Å². The first-order valence-electron chi connectivity index (χ1n) is 8.66. The first kappa shape index (κ1) is 17.7. The van der Waals surface area contributed by atoms with Gasteiger partial charge in [-0.1, -0.05) is 42.5 Å². The lowest BCUT2D eigenvalue weighted by atomic mass is 10.1. The molecule has 26 heavy (non-hydrogen) atoms. The van der Waals surface area contributed by atoms with E-state index in [1.165, 1.54) is 5.56 Å². The summed E-state index contributed by atoms with van der Waals surface area (Å²) in [5.74, 6) is 0.726. The van der Waals surface area contributed by atoms with E-state index in [1.807, 2.05) is 49.4 Å². The molecule has 5 nitrogen and oxygen atoms in total. The van der Waals surface area contributed by atoms with Crippen LogP contribution in [0.2, 0.25) is 0 Å². The van der Waals surface area contributed by atoms with Crippen LogP contribution >= 0.6 is 0 Å². The fourth-order valence-corrected chi connectivity index (χ4v) is 2.85. The molecule has 0 aliphatic rings. The first-order valence-corrected chi connectivity index (χ1v) is 8.66. The zero-order chi connectivity index (χ0) is 18.4. The molecule has 3 aromatic rings. The summed E-state index contributed by atoms with van der Waals surface area (Å²) in [4.78, 5) is 12.4. The number of aromatic nitrogens is 2. The number of nitrogens with zero attached hydrogens (tertiary/aromatic N) is 1. The topological polar surface area (TPSA) is 67.0 Å². The Labute approximate surface area is 153 Å². The molecule has 3 rings (SSSR count). The molecule has 0 bridgehead atoms. The Morgan fingerprint density at radius 2 is 1.77 bits per heavy atom. The zero-order valence-electron chi connectivity index (χ0n) is 15.1. The zero-order valence-corrected chi connectivity index (χ0v) is 15.1. The molecule has 5 heteroatoms. The SMILES string of the molecule is COc1ccc(CC(=O)Nc2c(CCc3ccccc3)n[nH]c2C)cc1. The number of rotatable bonds is 7. The van der Waals surface area contributed by atoms with Crippen molar-refractivity contribution in [2.24, 2.45) is 0 Å². The lowest BCUT2D eigenvalue weighted by Gasteiger charge is -2.08. The summed E-state index contributed by atoms with van der Waals surface area (Å²) >= 11 is 0. The van der Waals surface area contributed by atoms with E-state index in [0.29, 0.717) is 6.42 Å². The number of hydrogen-bond donors (Lipinski definition) is 2. The van der Waals surface area contributed by atoms with Gasteiger partial charge in [0.2, 0.25) is 5.91 Å². The van der Waals surface area contributed by atoms with Gasteiger partial charge >= 0.3 is 0 Å². The summed E-state index contributed by atoms with van der Waals surface area (Å²) in [6.45, 7) is 1.92. The van der Waals surface area contributed by atoms with Crippen LogP contribution in [0.1, 0.15) is 22.5 Å². The van der Waals surface area contributed by atoms with E-state index in [-0.39, 0.29) is 5.91 Å². The number of aryl methyl sites for hydroxylation is 3. The van der Waals surface area contributed by atoms with Crippen LogP contribution in [0.25, 0.3) is 0 Å². The molecule has 134 valence electrons. The van der Waals surface area contributed by atoms with Crippen LogP contribution < -0.4 is 10.1 Å². The highest BCUT2D eigenvalue weighted by Gasteiger charge is 2.14. The molecule has 0 spiro atoms. The fourth-order valence-electron chi connectivity index (χ4n) is 2.85. The van der Waals surface area contributed by atoms with Crippen LogP contribution in [0.4, 0.5) is 5.69 Å². The summed E-state index contributed by atoms with van der Waals surface area (Å²) in [7, 11) is 1.63. The van der Waals surface area contributed by atoms with Crippen LogP contribution in [-0.4, -0.2) is 23.2 Å². The van der Waals surface area contributed by atoms with Gasteiger partial charge in [0, 0.05) is 0 Å². The number of aromatic amines is 1. The van der Waals surface area contributed by atoms with E-state index in [1.54, 1.807) is 7.11 Å². The summed E-state index contributed by atoms with van der Waals surface area (Å²) < 4.78 is 5.14. The van der Waals surface area contributed by atoms with Gasteiger partial charge in [-0.15, -0.1) is 0 Å². The van der Waals surface area contributed by atoms with Gasteiger partial charge in [0.1, 0.15) is 5.75 Å². The highest BCUT2D eigenvalue weighted by molar-refractivity contribution is 5.93. The molecular formula is C21H23N3O2. The summed E-state index contributed by atoms with van der Waals surface area (Å²) in [5.41, 5.74) is 4.74. The third-order valence-electron chi connectivity index (χ3n) is 4.30. The van der Waals surface area contributed by atoms with Crippen molar-refractivity contribution < 1.29 is 9.53 Å². The predicted octanol–water partition coefficient (Wildman–Crippen LogP) is 3.69. The Balaban J connectivity index is 1.63. The van der Waals surface area contributed by atoms with Crippen molar-refractivity contribution in [1.82, 2.24) is 10.2 Å². The van der Waals surface area contributed by atoms with Crippen molar-refractivity contribution in [3.05, 3.63) is 77.1 Å². The number of carbonyl (C=O) groups is 1. The van der Waals surface area contributed by atoms with Gasteiger partial charge < -0.3 is 10.1 Å². The normalized spacial score (nSPS) is 10.5. The van der Waals surface area contributed by atoms with E-state index < -0.39 is 0 Å². The second-order valence-corrected chi connectivity index (χ2v) is 6.23. The standard InChI is InChI=1S/C21H23N3O2/c1-15-21(19(24-23-15)13-10-16-6-4-3-5-7-16)22-20(25)14-17-8-11-18(26-2)12-9-17/h3-9,11-12H,10,13-14H2,1-2H3,(H,22,25)(H,23,24). The maximum atomic E-state index is 12.4. The van der Waals surface area contributed by atoms with Crippen molar-refractivity contribution in [2.45, 2.75) is 26.2 Å². The highest BCUT2D eigenvalue weighted by Crippen LogP contribution is 2.20. The van der Waals surface area contributed by atoms with Crippen molar-refractivity contribution in [3.63, 3.8) is 0 Å². The molecule has 1 aromatic heterocycles. The largest absolute Gasteiger partial charge is 0.497 e. The number of amides is 1. The summed E-state index contributed by atoms with van der Waals surface area (Å²) in [5, 5.41) is 10.3. The van der Waals surface area contributed by atoms with Crippen LogP contribution in [0.5, 0.6) is 5.75 Å². The van der Waals surface area contributed by atoms with Gasteiger partial charge in [-0.25, -0.2) is 0 Å². The average molecular weight is 349 g/mol. The lowest BCUT2D eigenvalue weighted by molar-refractivity contribution is -0.115. The van der Waals surface area contributed by atoms with E-state index >= 15 is 0 Å². The second kappa shape index (κ2) is 8.34. The minimum absolute atomic E-state index is 0.0550. The fraction of sp³-hybridized carbons (Fsp3) is 0.238. The van der Waals surface area contributed by atoms with Crippen molar-refractivity contribution in [1.29, 1.82) is 0 Å². The average Bonchev–Trinajstić information content (AvgIpc) is 3.01. The smallest absolute Gasteiger partial charge is 0.228 e. The van der Waals surface area contributed by atoms with Gasteiger partial charge in [0.05, 0.1) is 30.6 Å². The molecule has 2 aromatic carbocycles. The minimum atomic E-state index is -0.0550. The Kier molecular flexibility index (Phi) is 5.69. The van der Waals surface area contributed by atoms with Gasteiger partial charge in [-0.2, -0.15) is 5.10 Å². The molecule has 1 amide bonds.